The third-order valence-corrected chi connectivity index (χ3v) is 5.25. The quantitative estimate of drug-likeness (QED) is 0.422. The lowest BCUT2D eigenvalue weighted by atomic mass is 10.0. The molecule has 29 heavy (non-hydrogen) atoms. The fourth-order valence-electron chi connectivity index (χ4n) is 3.76. The van der Waals surface area contributed by atoms with Crippen molar-refractivity contribution in [3.05, 3.63) is 90.0 Å². The molecule has 148 valence electrons. The van der Waals surface area contributed by atoms with E-state index in [1.807, 2.05) is 24.3 Å². The van der Waals surface area contributed by atoms with Crippen LogP contribution in [0.2, 0.25) is 0 Å². The van der Waals surface area contributed by atoms with Crippen molar-refractivity contribution >= 4 is 11.0 Å². The second kappa shape index (κ2) is 8.18. The highest BCUT2D eigenvalue weighted by molar-refractivity contribution is 5.76. The van der Waals surface area contributed by atoms with Crippen molar-refractivity contribution in [2.75, 3.05) is 0 Å². The average molecular weight is 388 g/mol. The van der Waals surface area contributed by atoms with Gasteiger partial charge in [0.15, 0.2) is 0 Å². The van der Waals surface area contributed by atoms with Gasteiger partial charge in [0.25, 0.3) is 0 Å². The first-order valence-corrected chi connectivity index (χ1v) is 10.1. The molecule has 4 heteroatoms. The number of imidazole rings is 1. The van der Waals surface area contributed by atoms with Gasteiger partial charge in [0.1, 0.15) is 11.6 Å². The van der Waals surface area contributed by atoms with Gasteiger partial charge in [-0.2, -0.15) is 0 Å². The van der Waals surface area contributed by atoms with Crippen LogP contribution < -0.4 is 5.32 Å². The standard InChI is InChI=1S/C25H26FN3/c1-17(2)29-24-10-5-4-9-23(24)28-25(29)18(3)27-16-19-11-13-20(14-12-19)21-7-6-8-22(26)15-21/h4-15,17-18,27H,16H2,1-3H3. The Kier molecular flexibility index (Phi) is 5.45. The molecule has 1 aromatic heterocycles. The van der Waals surface area contributed by atoms with Crippen LogP contribution in [0, 0.1) is 5.82 Å². The maximum Gasteiger partial charge on any atom is 0.127 e. The molecular weight excluding hydrogens is 361 g/mol. The molecule has 0 aliphatic rings. The molecule has 0 aliphatic carbocycles. The molecule has 0 spiro atoms. The van der Waals surface area contributed by atoms with Crippen LogP contribution in [0.3, 0.4) is 0 Å². The number of aromatic nitrogens is 2. The average Bonchev–Trinajstić information content (AvgIpc) is 3.12. The molecule has 0 aliphatic heterocycles. The van der Waals surface area contributed by atoms with Crippen LogP contribution >= 0.6 is 0 Å². The predicted molar refractivity (Wildman–Crippen MR) is 117 cm³/mol. The van der Waals surface area contributed by atoms with E-state index >= 15 is 0 Å². The Hall–Kier alpha value is -2.98. The number of para-hydroxylation sites is 2. The van der Waals surface area contributed by atoms with Crippen molar-refractivity contribution in [1.29, 1.82) is 0 Å². The molecule has 3 nitrogen and oxygen atoms in total. The first-order valence-electron chi connectivity index (χ1n) is 10.1. The number of rotatable bonds is 6. The Morgan fingerprint density at radius 2 is 1.66 bits per heavy atom. The number of halogens is 1. The first-order chi connectivity index (χ1) is 14.0. The van der Waals surface area contributed by atoms with Crippen LogP contribution in [0.1, 0.15) is 44.2 Å². The molecule has 0 radical (unpaired) electrons. The summed E-state index contributed by atoms with van der Waals surface area (Å²) in [6.07, 6.45) is 0. The third kappa shape index (κ3) is 4.08. The molecule has 1 heterocycles. The molecular formula is C25H26FN3. The summed E-state index contributed by atoms with van der Waals surface area (Å²) < 4.78 is 15.8. The number of hydrogen-bond acceptors (Lipinski definition) is 2. The predicted octanol–water partition coefficient (Wildman–Crippen LogP) is 6.27. The molecule has 0 saturated carbocycles. The monoisotopic (exact) mass is 387 g/mol. The minimum absolute atomic E-state index is 0.118. The lowest BCUT2D eigenvalue weighted by molar-refractivity contribution is 0.491. The second-order valence-electron chi connectivity index (χ2n) is 7.73. The van der Waals surface area contributed by atoms with Gasteiger partial charge in [-0.3, -0.25) is 0 Å². The molecule has 0 fully saturated rings. The largest absolute Gasteiger partial charge is 0.324 e. The van der Waals surface area contributed by atoms with Gasteiger partial charge in [0.05, 0.1) is 17.1 Å². The molecule has 1 unspecified atom stereocenters. The molecule has 1 N–H and O–H groups in total. The van der Waals surface area contributed by atoms with Crippen molar-refractivity contribution in [1.82, 2.24) is 14.9 Å². The molecule has 1 atom stereocenters. The number of benzene rings is 3. The Morgan fingerprint density at radius 3 is 2.38 bits per heavy atom. The van der Waals surface area contributed by atoms with Gasteiger partial charge in [0, 0.05) is 12.6 Å². The number of fused-ring (bicyclic) bond motifs is 1. The molecule has 3 aromatic carbocycles. The van der Waals surface area contributed by atoms with Gasteiger partial charge in [-0.1, -0.05) is 48.5 Å². The van der Waals surface area contributed by atoms with Gasteiger partial charge in [0.2, 0.25) is 0 Å². The normalized spacial score (nSPS) is 12.6. The first kappa shape index (κ1) is 19.3. The summed E-state index contributed by atoms with van der Waals surface area (Å²) in [7, 11) is 0. The second-order valence-corrected chi connectivity index (χ2v) is 7.73. The van der Waals surface area contributed by atoms with E-state index in [0.717, 1.165) is 29.0 Å². The Morgan fingerprint density at radius 1 is 0.897 bits per heavy atom. The Labute approximate surface area is 171 Å². The zero-order chi connectivity index (χ0) is 20.4. The SMILES string of the molecule is CC(NCc1ccc(-c2cccc(F)c2)cc1)c1nc2ccccc2n1C(C)C. The third-order valence-electron chi connectivity index (χ3n) is 5.25. The van der Waals surface area contributed by atoms with E-state index in [-0.39, 0.29) is 11.9 Å². The maximum absolute atomic E-state index is 13.5. The van der Waals surface area contributed by atoms with Gasteiger partial charge in [-0.05, 0) is 61.7 Å². The minimum Gasteiger partial charge on any atom is -0.324 e. The van der Waals surface area contributed by atoms with Crippen LogP contribution in [0.25, 0.3) is 22.2 Å². The number of nitrogens with one attached hydrogen (secondary N) is 1. The molecule has 0 amide bonds. The van der Waals surface area contributed by atoms with Crippen molar-refractivity contribution in [2.45, 2.75) is 39.4 Å². The summed E-state index contributed by atoms with van der Waals surface area (Å²) in [5, 5.41) is 3.60. The van der Waals surface area contributed by atoms with Crippen LogP contribution in [0.4, 0.5) is 4.39 Å². The summed E-state index contributed by atoms with van der Waals surface area (Å²) in [4.78, 5) is 4.87. The number of hydrogen-bond donors (Lipinski definition) is 1. The van der Waals surface area contributed by atoms with E-state index < -0.39 is 0 Å². The Balaban J connectivity index is 1.49. The fourth-order valence-corrected chi connectivity index (χ4v) is 3.76. The molecule has 0 bridgehead atoms. The molecule has 4 aromatic rings. The number of nitrogens with zero attached hydrogens (tertiary/aromatic N) is 2. The zero-order valence-corrected chi connectivity index (χ0v) is 17.1. The summed E-state index contributed by atoms with van der Waals surface area (Å²) >= 11 is 0. The highest BCUT2D eigenvalue weighted by atomic mass is 19.1. The summed E-state index contributed by atoms with van der Waals surface area (Å²) in [6, 6.07) is 23.7. The Bertz CT molecular complexity index is 1110. The lowest BCUT2D eigenvalue weighted by Gasteiger charge is -2.19. The van der Waals surface area contributed by atoms with E-state index in [1.165, 1.54) is 17.1 Å². The van der Waals surface area contributed by atoms with Crippen LogP contribution in [-0.4, -0.2) is 9.55 Å². The van der Waals surface area contributed by atoms with E-state index in [2.05, 4.69) is 61.0 Å². The van der Waals surface area contributed by atoms with Crippen molar-refractivity contribution in [3.8, 4) is 11.1 Å². The van der Waals surface area contributed by atoms with Gasteiger partial charge >= 0.3 is 0 Å². The molecule has 4 rings (SSSR count). The van der Waals surface area contributed by atoms with Crippen molar-refractivity contribution in [3.63, 3.8) is 0 Å². The van der Waals surface area contributed by atoms with E-state index in [4.69, 9.17) is 4.98 Å². The molecule has 0 saturated heterocycles. The summed E-state index contributed by atoms with van der Waals surface area (Å²) in [6.45, 7) is 7.28. The maximum atomic E-state index is 13.5. The van der Waals surface area contributed by atoms with Gasteiger partial charge < -0.3 is 9.88 Å². The van der Waals surface area contributed by atoms with Crippen LogP contribution in [-0.2, 0) is 6.54 Å². The minimum atomic E-state index is -0.213. The fraction of sp³-hybridized carbons (Fsp3) is 0.240. The van der Waals surface area contributed by atoms with E-state index in [0.29, 0.717) is 6.04 Å². The van der Waals surface area contributed by atoms with Gasteiger partial charge in [-0.25, -0.2) is 9.37 Å². The van der Waals surface area contributed by atoms with Crippen LogP contribution in [0.15, 0.2) is 72.8 Å². The van der Waals surface area contributed by atoms with Crippen molar-refractivity contribution in [2.24, 2.45) is 0 Å². The van der Waals surface area contributed by atoms with Crippen LogP contribution in [0.5, 0.6) is 0 Å². The van der Waals surface area contributed by atoms with Crippen molar-refractivity contribution < 1.29 is 4.39 Å². The summed E-state index contributed by atoms with van der Waals surface area (Å²) in [5.41, 5.74) is 5.30. The van der Waals surface area contributed by atoms with E-state index in [1.54, 1.807) is 12.1 Å². The highest BCUT2D eigenvalue weighted by Gasteiger charge is 2.18. The van der Waals surface area contributed by atoms with E-state index in [9.17, 15) is 4.39 Å². The smallest absolute Gasteiger partial charge is 0.127 e. The summed E-state index contributed by atoms with van der Waals surface area (Å²) in [5.74, 6) is 0.840. The highest BCUT2D eigenvalue weighted by Crippen LogP contribution is 2.25. The lowest BCUT2D eigenvalue weighted by Crippen LogP contribution is -2.22. The zero-order valence-electron chi connectivity index (χ0n) is 17.1. The topological polar surface area (TPSA) is 29.9 Å². The van der Waals surface area contributed by atoms with Gasteiger partial charge in [-0.15, -0.1) is 0 Å².